The largest absolute Gasteiger partial charge is 0.455 e. The standard InChI is InChI=1S/C47H27N3O/c1-2-8-28(9-3-1)33-20-21-35-27-36(23-22-34(35)26-33)45-48-46(38-14-6-11-29-10-4-5-13-37(29)38)50-47(49-45)39-25-24-32-19-18-31-17-16-30-12-7-15-40-41(30)42(31)43(32)44(39)51-40/h1-27H. The lowest BCUT2D eigenvalue weighted by Gasteiger charge is -2.22. The summed E-state index contributed by atoms with van der Waals surface area (Å²) in [5.74, 6) is 3.43. The molecule has 0 saturated carbocycles. The normalized spacial score (nSPS) is 12.1. The van der Waals surface area contributed by atoms with Gasteiger partial charge in [-0.1, -0.05) is 140 Å². The minimum absolute atomic E-state index is 0.572. The third kappa shape index (κ3) is 4.37. The minimum atomic E-state index is 0.572. The minimum Gasteiger partial charge on any atom is -0.455 e. The molecule has 0 unspecified atom stereocenters. The van der Waals surface area contributed by atoms with E-state index in [4.69, 9.17) is 19.7 Å². The van der Waals surface area contributed by atoms with Gasteiger partial charge in [-0.3, -0.25) is 0 Å². The maximum absolute atomic E-state index is 6.84. The van der Waals surface area contributed by atoms with E-state index in [-0.39, 0.29) is 0 Å². The highest BCUT2D eigenvalue weighted by molar-refractivity contribution is 6.26. The number of ether oxygens (including phenoxy) is 1. The van der Waals surface area contributed by atoms with Crippen LogP contribution in [0.15, 0.2) is 164 Å². The molecular formula is C47H27N3O. The summed E-state index contributed by atoms with van der Waals surface area (Å²) in [6, 6.07) is 57.5. The van der Waals surface area contributed by atoms with Crippen LogP contribution in [-0.2, 0) is 0 Å². The number of fused-ring (bicyclic) bond motifs is 2. The Hall–Kier alpha value is -6.91. The third-order valence-electron chi connectivity index (χ3n) is 10.2. The molecule has 10 aromatic rings. The molecule has 0 spiro atoms. The molecule has 1 aliphatic rings. The Balaban J connectivity index is 1.15. The molecular weight excluding hydrogens is 623 g/mol. The summed E-state index contributed by atoms with van der Waals surface area (Å²) in [5.41, 5.74) is 5.10. The van der Waals surface area contributed by atoms with Gasteiger partial charge in [0.1, 0.15) is 11.5 Å². The molecule has 1 aromatic heterocycles. The average molecular weight is 650 g/mol. The first-order chi connectivity index (χ1) is 25.2. The lowest BCUT2D eigenvalue weighted by molar-refractivity contribution is 0.494. The molecule has 9 aromatic carbocycles. The summed E-state index contributed by atoms with van der Waals surface area (Å²) in [6.07, 6.45) is 0. The number of rotatable bonds is 4. The average Bonchev–Trinajstić information content (AvgIpc) is 3.20. The van der Waals surface area contributed by atoms with Crippen LogP contribution in [0.1, 0.15) is 0 Å². The molecule has 0 radical (unpaired) electrons. The molecule has 0 bridgehead atoms. The van der Waals surface area contributed by atoms with Gasteiger partial charge >= 0.3 is 0 Å². The lowest BCUT2D eigenvalue weighted by atomic mass is 9.92. The van der Waals surface area contributed by atoms with E-state index in [9.17, 15) is 0 Å². The molecule has 0 atom stereocenters. The second-order valence-corrected chi connectivity index (χ2v) is 13.2. The quantitative estimate of drug-likeness (QED) is 0.178. The van der Waals surface area contributed by atoms with Crippen molar-refractivity contribution >= 4 is 53.9 Å². The van der Waals surface area contributed by atoms with Crippen LogP contribution < -0.4 is 4.74 Å². The Morgan fingerprint density at radius 2 is 0.922 bits per heavy atom. The number of aromatic nitrogens is 3. The van der Waals surface area contributed by atoms with Crippen LogP contribution >= 0.6 is 0 Å². The predicted molar refractivity (Wildman–Crippen MR) is 209 cm³/mol. The number of benzene rings is 9. The van der Waals surface area contributed by atoms with Gasteiger partial charge in [-0.2, -0.15) is 0 Å². The Labute approximate surface area is 293 Å². The van der Waals surface area contributed by atoms with Crippen molar-refractivity contribution < 1.29 is 4.74 Å². The van der Waals surface area contributed by atoms with Crippen molar-refractivity contribution in [1.29, 1.82) is 0 Å². The first-order valence-electron chi connectivity index (χ1n) is 17.2. The Morgan fingerprint density at radius 1 is 0.333 bits per heavy atom. The molecule has 0 fully saturated rings. The van der Waals surface area contributed by atoms with Gasteiger partial charge in [0, 0.05) is 27.3 Å². The Morgan fingerprint density at radius 3 is 1.76 bits per heavy atom. The van der Waals surface area contributed by atoms with Crippen molar-refractivity contribution in [2.75, 3.05) is 0 Å². The number of hydrogen-bond donors (Lipinski definition) is 0. The summed E-state index contributed by atoms with van der Waals surface area (Å²) < 4.78 is 6.84. The van der Waals surface area contributed by atoms with E-state index in [2.05, 4.69) is 158 Å². The highest BCUT2D eigenvalue weighted by Crippen LogP contribution is 2.50. The van der Waals surface area contributed by atoms with Gasteiger partial charge in [0.15, 0.2) is 17.5 Å². The molecule has 0 amide bonds. The van der Waals surface area contributed by atoms with Gasteiger partial charge < -0.3 is 4.74 Å². The lowest BCUT2D eigenvalue weighted by Crippen LogP contribution is -2.03. The zero-order chi connectivity index (χ0) is 33.5. The second kappa shape index (κ2) is 10.8. The van der Waals surface area contributed by atoms with E-state index in [0.717, 1.165) is 71.3 Å². The van der Waals surface area contributed by atoms with Gasteiger partial charge in [0.25, 0.3) is 0 Å². The third-order valence-corrected chi connectivity index (χ3v) is 10.2. The summed E-state index contributed by atoms with van der Waals surface area (Å²) >= 11 is 0. The molecule has 51 heavy (non-hydrogen) atoms. The van der Waals surface area contributed by atoms with Crippen LogP contribution in [0.3, 0.4) is 0 Å². The van der Waals surface area contributed by atoms with Crippen molar-refractivity contribution in [3.05, 3.63) is 164 Å². The molecule has 0 N–H and O–H groups in total. The van der Waals surface area contributed by atoms with Gasteiger partial charge in [0.2, 0.25) is 0 Å². The zero-order valence-electron chi connectivity index (χ0n) is 27.3. The molecule has 4 nitrogen and oxygen atoms in total. The van der Waals surface area contributed by atoms with E-state index in [1.54, 1.807) is 0 Å². The Bertz CT molecular complexity index is 3050. The van der Waals surface area contributed by atoms with Gasteiger partial charge in [-0.15, -0.1) is 0 Å². The van der Waals surface area contributed by atoms with E-state index in [0.29, 0.717) is 17.5 Å². The molecule has 1 aliphatic heterocycles. The first-order valence-corrected chi connectivity index (χ1v) is 17.2. The maximum Gasteiger partial charge on any atom is 0.167 e. The smallest absolute Gasteiger partial charge is 0.167 e. The monoisotopic (exact) mass is 649 g/mol. The van der Waals surface area contributed by atoms with Crippen LogP contribution in [-0.4, -0.2) is 15.0 Å². The predicted octanol–water partition coefficient (Wildman–Crippen LogP) is 12.4. The van der Waals surface area contributed by atoms with E-state index < -0.39 is 0 Å². The molecule has 2 heterocycles. The van der Waals surface area contributed by atoms with Gasteiger partial charge in [0.05, 0.1) is 5.56 Å². The van der Waals surface area contributed by atoms with Crippen molar-refractivity contribution in [3.8, 4) is 56.8 Å². The number of hydrogen-bond acceptors (Lipinski definition) is 4. The summed E-state index contributed by atoms with van der Waals surface area (Å²) in [6.45, 7) is 0. The van der Waals surface area contributed by atoms with Crippen LogP contribution in [0.4, 0.5) is 0 Å². The Kier molecular flexibility index (Phi) is 5.92. The second-order valence-electron chi connectivity index (χ2n) is 13.2. The topological polar surface area (TPSA) is 47.9 Å². The summed E-state index contributed by atoms with van der Waals surface area (Å²) in [5, 5.41) is 11.4. The number of nitrogens with zero attached hydrogens (tertiary/aromatic N) is 3. The van der Waals surface area contributed by atoms with Crippen LogP contribution in [0, 0.1) is 0 Å². The van der Waals surface area contributed by atoms with Crippen LogP contribution in [0.25, 0.3) is 99.2 Å². The van der Waals surface area contributed by atoms with Crippen molar-refractivity contribution in [2.24, 2.45) is 0 Å². The summed E-state index contributed by atoms with van der Waals surface area (Å²) in [4.78, 5) is 15.6. The van der Waals surface area contributed by atoms with Crippen LogP contribution in [0.5, 0.6) is 11.5 Å². The van der Waals surface area contributed by atoms with Gasteiger partial charge in [-0.05, 0) is 73.1 Å². The summed E-state index contributed by atoms with van der Waals surface area (Å²) in [7, 11) is 0. The van der Waals surface area contributed by atoms with E-state index in [1.807, 2.05) is 6.07 Å². The highest BCUT2D eigenvalue weighted by Gasteiger charge is 2.25. The van der Waals surface area contributed by atoms with Crippen LogP contribution in [0.2, 0.25) is 0 Å². The molecule has 0 aliphatic carbocycles. The maximum atomic E-state index is 6.84. The zero-order valence-corrected chi connectivity index (χ0v) is 27.3. The van der Waals surface area contributed by atoms with Crippen molar-refractivity contribution in [2.45, 2.75) is 0 Å². The fourth-order valence-corrected chi connectivity index (χ4v) is 7.78. The van der Waals surface area contributed by atoms with E-state index >= 15 is 0 Å². The van der Waals surface area contributed by atoms with Crippen molar-refractivity contribution in [3.63, 3.8) is 0 Å². The van der Waals surface area contributed by atoms with E-state index in [1.165, 1.54) is 21.9 Å². The molecule has 4 heteroatoms. The fourth-order valence-electron chi connectivity index (χ4n) is 7.78. The highest BCUT2D eigenvalue weighted by atomic mass is 16.5. The van der Waals surface area contributed by atoms with Crippen molar-refractivity contribution in [1.82, 2.24) is 15.0 Å². The fraction of sp³-hybridized carbons (Fsp3) is 0. The molecule has 11 rings (SSSR count). The molecule has 236 valence electrons. The first kappa shape index (κ1) is 28.0. The SMILES string of the molecule is c1ccc(-c2ccc3cc(-c4nc(-c5ccc6ccc7ccc8cccc9c8c7c6c5O9)nc(-c5cccc6ccccc56)n4)ccc3c2)cc1. The molecule has 0 saturated heterocycles. The van der Waals surface area contributed by atoms with Gasteiger partial charge in [-0.25, -0.2) is 15.0 Å².